The smallest absolute Gasteiger partial charge is 0.303 e. The third-order valence-electron chi connectivity index (χ3n) is 7.79. The lowest BCUT2D eigenvalue weighted by Gasteiger charge is -2.20. The van der Waals surface area contributed by atoms with Crippen molar-refractivity contribution in [2.75, 3.05) is 5.32 Å². The van der Waals surface area contributed by atoms with E-state index in [0.29, 0.717) is 16.4 Å². The van der Waals surface area contributed by atoms with Crippen molar-refractivity contribution < 1.29 is 14.7 Å². The highest BCUT2D eigenvalue weighted by molar-refractivity contribution is 6.45. The fourth-order valence-electron chi connectivity index (χ4n) is 5.42. The molecule has 2 aromatic rings. The van der Waals surface area contributed by atoms with Crippen LogP contribution in [0.3, 0.4) is 0 Å². The molecule has 7 nitrogen and oxygen atoms in total. The van der Waals surface area contributed by atoms with Gasteiger partial charge in [0.05, 0.1) is 27.8 Å². The van der Waals surface area contributed by atoms with Gasteiger partial charge in [-0.15, -0.1) is 0 Å². The molecule has 8 heteroatoms. The first kappa shape index (κ1) is 28.8. The second kappa shape index (κ2) is 13.7. The summed E-state index contributed by atoms with van der Waals surface area (Å²) in [4.78, 5) is 29.4. The third-order valence-corrected chi connectivity index (χ3v) is 8.10. The minimum Gasteiger partial charge on any atom is -0.481 e. The number of nitrogens with two attached hydrogens (primary N) is 1. The number of halogens is 1. The summed E-state index contributed by atoms with van der Waals surface area (Å²) in [7, 11) is 0. The van der Waals surface area contributed by atoms with Gasteiger partial charge in [0.25, 0.3) is 0 Å². The van der Waals surface area contributed by atoms with Crippen LogP contribution in [-0.2, 0) is 16.0 Å². The Morgan fingerprint density at radius 1 is 1.10 bits per heavy atom. The highest BCUT2D eigenvalue weighted by Crippen LogP contribution is 2.35. The predicted octanol–water partition coefficient (Wildman–Crippen LogP) is 7.08. The SMILES string of the molecule is Cc1ccc(NC(=O)C[C@H](CCC(=O)O)C(=NN)C(=Nc2ccc(CCC3CCCC3)cc2)C2CC2)c(Cl)c1. The number of carboxylic acids is 1. The Balaban J connectivity index is 1.49. The molecule has 0 spiro atoms. The molecule has 2 aliphatic rings. The standard InChI is InChI=1S/C31H39ClN4O3/c1-20-6-16-27(26(32)18-20)35-28(37)19-24(13-17-29(38)39)31(36-33)30(23-11-12-23)34-25-14-9-22(10-15-25)8-7-21-4-2-3-5-21/h6,9-10,14-16,18,21,23-24H,2-5,7-8,11-13,17,19,33H2,1H3,(H,35,37)(H,38,39)/t24-/m0/s1. The Kier molecular flexibility index (Phi) is 10.2. The molecule has 0 saturated heterocycles. The number of aryl methyl sites for hydroxylation is 2. The maximum atomic E-state index is 13.0. The van der Waals surface area contributed by atoms with E-state index in [-0.39, 0.29) is 31.1 Å². The van der Waals surface area contributed by atoms with E-state index in [9.17, 15) is 14.7 Å². The number of carboxylic acid groups (broad SMARTS) is 1. The Hall–Kier alpha value is -3.19. The van der Waals surface area contributed by atoms with Crippen LogP contribution in [0.15, 0.2) is 52.6 Å². The lowest BCUT2D eigenvalue weighted by atomic mass is 9.89. The van der Waals surface area contributed by atoms with E-state index in [2.05, 4.69) is 22.6 Å². The van der Waals surface area contributed by atoms with Gasteiger partial charge in [-0.1, -0.05) is 55.5 Å². The minimum atomic E-state index is -0.934. The second-order valence-corrected chi connectivity index (χ2v) is 11.4. The fourth-order valence-corrected chi connectivity index (χ4v) is 5.70. The van der Waals surface area contributed by atoms with E-state index in [4.69, 9.17) is 22.4 Å². The molecule has 4 rings (SSSR count). The molecule has 2 saturated carbocycles. The number of rotatable bonds is 13. The zero-order chi connectivity index (χ0) is 27.8. The van der Waals surface area contributed by atoms with Crippen LogP contribution >= 0.6 is 11.6 Å². The highest BCUT2D eigenvalue weighted by atomic mass is 35.5. The number of anilines is 1. The number of hydrazone groups is 1. The van der Waals surface area contributed by atoms with Crippen LogP contribution in [0.5, 0.6) is 0 Å². The van der Waals surface area contributed by atoms with Crippen LogP contribution < -0.4 is 11.2 Å². The van der Waals surface area contributed by atoms with Crippen LogP contribution in [-0.4, -0.2) is 28.4 Å². The topological polar surface area (TPSA) is 117 Å². The Bertz CT molecular complexity index is 1210. The van der Waals surface area contributed by atoms with Crippen molar-refractivity contribution in [2.24, 2.45) is 33.7 Å². The van der Waals surface area contributed by atoms with Gasteiger partial charge in [0, 0.05) is 24.7 Å². The molecule has 2 aromatic carbocycles. The molecule has 1 amide bonds. The molecule has 0 heterocycles. The maximum absolute atomic E-state index is 13.0. The van der Waals surface area contributed by atoms with Crippen LogP contribution in [0.2, 0.25) is 5.02 Å². The zero-order valence-electron chi connectivity index (χ0n) is 22.7. The van der Waals surface area contributed by atoms with E-state index in [1.54, 1.807) is 12.1 Å². The molecular weight excluding hydrogens is 512 g/mol. The number of carbonyl (C=O) groups is 2. The van der Waals surface area contributed by atoms with Crippen LogP contribution in [0.25, 0.3) is 0 Å². The highest BCUT2D eigenvalue weighted by Gasteiger charge is 2.35. The quantitative estimate of drug-likeness (QED) is 0.140. The van der Waals surface area contributed by atoms with E-state index >= 15 is 0 Å². The van der Waals surface area contributed by atoms with Crippen molar-refractivity contribution in [3.63, 3.8) is 0 Å². The molecule has 0 unspecified atom stereocenters. The van der Waals surface area contributed by atoms with Gasteiger partial charge in [0.1, 0.15) is 0 Å². The zero-order valence-corrected chi connectivity index (χ0v) is 23.4. The first-order valence-corrected chi connectivity index (χ1v) is 14.4. The molecule has 0 bridgehead atoms. The van der Waals surface area contributed by atoms with Crippen molar-refractivity contribution in [1.82, 2.24) is 0 Å². The summed E-state index contributed by atoms with van der Waals surface area (Å²) in [5, 5.41) is 16.8. The first-order valence-electron chi connectivity index (χ1n) is 14.1. The number of aliphatic imine (C=N–C) groups is 1. The molecule has 1 atom stereocenters. The maximum Gasteiger partial charge on any atom is 0.303 e. The largest absolute Gasteiger partial charge is 0.481 e. The van der Waals surface area contributed by atoms with Gasteiger partial charge in [0.15, 0.2) is 0 Å². The van der Waals surface area contributed by atoms with Gasteiger partial charge in [-0.2, -0.15) is 5.10 Å². The molecule has 39 heavy (non-hydrogen) atoms. The third kappa shape index (κ3) is 8.65. The second-order valence-electron chi connectivity index (χ2n) is 11.0. The van der Waals surface area contributed by atoms with Crippen molar-refractivity contribution in [3.05, 3.63) is 58.6 Å². The van der Waals surface area contributed by atoms with Gasteiger partial charge in [-0.25, -0.2) is 0 Å². The molecule has 2 aliphatic carbocycles. The fraction of sp³-hybridized carbons (Fsp3) is 0.484. The molecule has 2 fully saturated rings. The number of benzene rings is 2. The van der Waals surface area contributed by atoms with E-state index in [0.717, 1.165) is 42.1 Å². The Labute approximate surface area is 235 Å². The number of hydrogen-bond donors (Lipinski definition) is 3. The summed E-state index contributed by atoms with van der Waals surface area (Å²) in [5.74, 6) is 5.26. The molecule has 0 aromatic heterocycles. The van der Waals surface area contributed by atoms with Crippen LogP contribution in [0.4, 0.5) is 11.4 Å². The van der Waals surface area contributed by atoms with Crippen molar-refractivity contribution in [3.8, 4) is 0 Å². The normalized spacial score (nSPS) is 17.3. The van der Waals surface area contributed by atoms with Gasteiger partial charge in [-0.05, 0) is 80.3 Å². The first-order chi connectivity index (χ1) is 18.8. The van der Waals surface area contributed by atoms with E-state index < -0.39 is 11.9 Å². The summed E-state index contributed by atoms with van der Waals surface area (Å²) in [6, 6.07) is 13.7. The Morgan fingerprint density at radius 3 is 2.44 bits per heavy atom. The van der Waals surface area contributed by atoms with Crippen molar-refractivity contribution in [1.29, 1.82) is 0 Å². The summed E-state index contributed by atoms with van der Waals surface area (Å²) >= 11 is 6.30. The molecular formula is C31H39ClN4O3. The number of carbonyl (C=O) groups excluding carboxylic acids is 1. The summed E-state index contributed by atoms with van der Waals surface area (Å²) in [6.07, 6.45) is 9.84. The van der Waals surface area contributed by atoms with E-state index in [1.807, 2.05) is 25.1 Å². The minimum absolute atomic E-state index is 0.0271. The number of aliphatic carboxylic acids is 1. The van der Waals surface area contributed by atoms with Gasteiger partial charge < -0.3 is 16.3 Å². The van der Waals surface area contributed by atoms with Crippen molar-refractivity contribution >= 4 is 46.3 Å². The van der Waals surface area contributed by atoms with Crippen molar-refractivity contribution in [2.45, 2.75) is 77.6 Å². The lowest BCUT2D eigenvalue weighted by molar-refractivity contribution is -0.137. The van der Waals surface area contributed by atoms with Crippen LogP contribution in [0, 0.1) is 24.7 Å². The lowest BCUT2D eigenvalue weighted by Crippen LogP contribution is -2.31. The Morgan fingerprint density at radius 2 is 1.82 bits per heavy atom. The van der Waals surface area contributed by atoms with Gasteiger partial charge in [-0.3, -0.25) is 14.6 Å². The van der Waals surface area contributed by atoms with Crippen LogP contribution in [0.1, 0.15) is 75.3 Å². The molecule has 208 valence electrons. The molecule has 0 aliphatic heterocycles. The predicted molar refractivity (Wildman–Crippen MR) is 158 cm³/mol. The summed E-state index contributed by atoms with van der Waals surface area (Å²) < 4.78 is 0. The average Bonchev–Trinajstić information content (AvgIpc) is 3.62. The van der Waals surface area contributed by atoms with E-state index in [1.165, 1.54) is 37.7 Å². The number of hydrogen-bond acceptors (Lipinski definition) is 5. The average molecular weight is 551 g/mol. The molecule has 0 radical (unpaired) electrons. The monoisotopic (exact) mass is 550 g/mol. The van der Waals surface area contributed by atoms with Gasteiger partial charge in [0.2, 0.25) is 5.91 Å². The molecule has 4 N–H and O–H groups in total. The summed E-state index contributed by atoms with van der Waals surface area (Å²) in [6.45, 7) is 1.92. The number of nitrogens with one attached hydrogen (secondary N) is 1. The summed E-state index contributed by atoms with van der Waals surface area (Å²) in [5.41, 5.74) is 4.89. The number of amides is 1. The van der Waals surface area contributed by atoms with Gasteiger partial charge >= 0.3 is 5.97 Å². The number of nitrogens with zero attached hydrogens (tertiary/aromatic N) is 2.